The Labute approximate surface area is 248 Å². The van der Waals surface area contributed by atoms with E-state index in [-0.39, 0.29) is 18.1 Å². The molecule has 0 aliphatic rings. The summed E-state index contributed by atoms with van der Waals surface area (Å²) in [5, 5.41) is 5.60. The second-order valence-corrected chi connectivity index (χ2v) is 9.39. The molecule has 5 rings (SSSR count). The van der Waals surface area contributed by atoms with Crippen LogP contribution in [0.2, 0.25) is 0 Å². The summed E-state index contributed by atoms with van der Waals surface area (Å²) in [5.41, 5.74) is 11.2. The molecule has 11 nitrogen and oxygen atoms in total. The van der Waals surface area contributed by atoms with Crippen LogP contribution in [0.3, 0.4) is 0 Å². The zero-order valence-corrected chi connectivity index (χ0v) is 23.4. The fourth-order valence-corrected chi connectivity index (χ4v) is 4.22. The summed E-state index contributed by atoms with van der Waals surface area (Å²) in [6.45, 7) is 0.634. The van der Waals surface area contributed by atoms with Gasteiger partial charge in [0.1, 0.15) is 6.61 Å². The number of benzene rings is 2. The Balaban J connectivity index is 1.21. The summed E-state index contributed by atoms with van der Waals surface area (Å²) in [7, 11) is 1.54. The van der Waals surface area contributed by atoms with E-state index in [2.05, 4.69) is 30.6 Å². The topological polar surface area (TPSA) is 154 Å². The molecule has 0 saturated heterocycles. The molecule has 0 spiro atoms. The van der Waals surface area contributed by atoms with Crippen LogP contribution in [0.15, 0.2) is 97.6 Å². The molecule has 43 heavy (non-hydrogen) atoms. The number of aromatic nitrogens is 4. The van der Waals surface area contributed by atoms with E-state index in [1.807, 2.05) is 60.7 Å². The van der Waals surface area contributed by atoms with Crippen LogP contribution in [0.4, 0.5) is 16.3 Å². The summed E-state index contributed by atoms with van der Waals surface area (Å²) in [5.74, 6) is -0.0451. The number of carbonyl (C=O) groups is 2. The molecule has 0 bridgehead atoms. The largest absolute Gasteiger partial charge is 0.481 e. The van der Waals surface area contributed by atoms with Crippen molar-refractivity contribution in [2.45, 2.75) is 13.0 Å². The predicted octanol–water partition coefficient (Wildman–Crippen LogP) is 4.91. The van der Waals surface area contributed by atoms with Gasteiger partial charge in [-0.25, -0.2) is 19.7 Å². The van der Waals surface area contributed by atoms with Gasteiger partial charge in [-0.2, -0.15) is 0 Å². The predicted molar refractivity (Wildman–Crippen MR) is 162 cm³/mol. The van der Waals surface area contributed by atoms with Crippen molar-refractivity contribution < 1.29 is 19.1 Å². The first-order valence-electron chi connectivity index (χ1n) is 13.4. The molecule has 0 radical (unpaired) electrons. The third-order valence-corrected chi connectivity index (χ3v) is 6.49. The summed E-state index contributed by atoms with van der Waals surface area (Å²) in [6, 6.07) is 22.4. The third-order valence-electron chi connectivity index (χ3n) is 6.49. The van der Waals surface area contributed by atoms with E-state index in [0.29, 0.717) is 30.2 Å². The van der Waals surface area contributed by atoms with E-state index in [9.17, 15) is 9.59 Å². The molecule has 2 aromatic carbocycles. The van der Waals surface area contributed by atoms with Gasteiger partial charge in [-0.3, -0.25) is 9.78 Å². The molecule has 2 amide bonds. The van der Waals surface area contributed by atoms with Crippen LogP contribution in [-0.4, -0.2) is 45.6 Å². The number of anilines is 2. The molecule has 0 aliphatic heterocycles. The number of rotatable bonds is 10. The van der Waals surface area contributed by atoms with Crippen LogP contribution in [-0.2, 0) is 17.8 Å². The fourth-order valence-electron chi connectivity index (χ4n) is 4.22. The highest BCUT2D eigenvalue weighted by atomic mass is 16.5. The van der Waals surface area contributed by atoms with E-state index in [1.54, 1.807) is 37.8 Å². The molecule has 3 aromatic heterocycles. The summed E-state index contributed by atoms with van der Waals surface area (Å²) < 4.78 is 10.4. The van der Waals surface area contributed by atoms with Gasteiger partial charge in [0.05, 0.1) is 30.9 Å². The molecule has 4 N–H and O–H groups in total. The first-order valence-corrected chi connectivity index (χ1v) is 13.4. The van der Waals surface area contributed by atoms with Crippen LogP contribution in [0.1, 0.15) is 21.6 Å². The van der Waals surface area contributed by atoms with E-state index in [0.717, 1.165) is 27.8 Å². The maximum absolute atomic E-state index is 13.3. The fraction of sp³-hybridized carbons (Fsp3) is 0.125. The maximum atomic E-state index is 13.3. The molecule has 0 unspecified atom stereocenters. The van der Waals surface area contributed by atoms with Gasteiger partial charge in [-0.1, -0.05) is 54.6 Å². The second kappa shape index (κ2) is 13.7. The number of pyridine rings is 2. The zero-order chi connectivity index (χ0) is 30.0. The molecule has 0 aliphatic carbocycles. The number of carbonyl (C=O) groups excluding carboxylic acids is 2. The first kappa shape index (κ1) is 28.7. The SMILES string of the molecule is COc1ccc(-c2ccncc2NC(=O)c2nc(-c3ccc(CCNC(=O)OCc4ccccc4)cc3)cnc2N)cn1. The number of hydrogen-bond acceptors (Lipinski definition) is 9. The van der Waals surface area contributed by atoms with Crippen molar-refractivity contribution in [3.63, 3.8) is 0 Å². The van der Waals surface area contributed by atoms with Gasteiger partial charge in [-0.05, 0) is 29.7 Å². The average molecular weight is 576 g/mol. The third kappa shape index (κ3) is 7.47. The molecule has 3 heterocycles. The van der Waals surface area contributed by atoms with Gasteiger partial charge < -0.3 is 25.8 Å². The van der Waals surface area contributed by atoms with Crippen LogP contribution >= 0.6 is 0 Å². The van der Waals surface area contributed by atoms with Crippen LogP contribution in [0.25, 0.3) is 22.4 Å². The van der Waals surface area contributed by atoms with Gasteiger partial charge in [0, 0.05) is 41.7 Å². The van der Waals surface area contributed by atoms with E-state index in [1.165, 1.54) is 6.20 Å². The minimum absolute atomic E-state index is 0.000325. The van der Waals surface area contributed by atoms with Crippen molar-refractivity contribution in [1.82, 2.24) is 25.3 Å². The van der Waals surface area contributed by atoms with Crippen molar-refractivity contribution >= 4 is 23.5 Å². The number of hydrogen-bond donors (Lipinski definition) is 3. The Morgan fingerprint density at radius 1 is 0.860 bits per heavy atom. The van der Waals surface area contributed by atoms with Gasteiger partial charge >= 0.3 is 6.09 Å². The number of nitrogens with one attached hydrogen (secondary N) is 2. The van der Waals surface area contributed by atoms with Crippen LogP contribution in [0.5, 0.6) is 5.88 Å². The van der Waals surface area contributed by atoms with Crippen LogP contribution in [0, 0.1) is 0 Å². The Morgan fingerprint density at radius 2 is 1.65 bits per heavy atom. The summed E-state index contributed by atoms with van der Waals surface area (Å²) >= 11 is 0. The highest BCUT2D eigenvalue weighted by Gasteiger charge is 2.17. The molecule has 216 valence electrons. The van der Waals surface area contributed by atoms with Gasteiger partial charge in [0.2, 0.25) is 5.88 Å². The molecule has 0 saturated carbocycles. The number of amides is 2. The quantitative estimate of drug-likeness (QED) is 0.211. The Hall–Kier alpha value is -5.84. The summed E-state index contributed by atoms with van der Waals surface area (Å²) in [6.07, 6.45) is 6.48. The van der Waals surface area contributed by atoms with Crippen molar-refractivity contribution in [1.29, 1.82) is 0 Å². The lowest BCUT2D eigenvalue weighted by Gasteiger charge is -2.12. The van der Waals surface area contributed by atoms with Crippen LogP contribution < -0.4 is 21.1 Å². The smallest absolute Gasteiger partial charge is 0.407 e. The normalized spacial score (nSPS) is 10.5. The molecule has 0 atom stereocenters. The van der Waals surface area contributed by atoms with Crippen molar-refractivity contribution in [2.75, 3.05) is 24.7 Å². The number of ether oxygens (including phenoxy) is 2. The lowest BCUT2D eigenvalue weighted by molar-refractivity contribution is 0.102. The van der Waals surface area contributed by atoms with Gasteiger partial charge in [-0.15, -0.1) is 0 Å². The Bertz CT molecular complexity index is 1700. The number of nitrogens with zero attached hydrogens (tertiary/aromatic N) is 4. The number of nitrogens with two attached hydrogens (primary N) is 1. The molecule has 11 heteroatoms. The lowest BCUT2D eigenvalue weighted by atomic mass is 10.1. The molecular formula is C32H29N7O4. The minimum atomic E-state index is -0.524. The van der Waals surface area contributed by atoms with Crippen molar-refractivity contribution in [3.05, 3.63) is 114 Å². The zero-order valence-electron chi connectivity index (χ0n) is 23.4. The molecule has 5 aromatic rings. The average Bonchev–Trinajstić information content (AvgIpc) is 3.05. The standard InChI is InChI=1S/C32H29N7O4/c1-42-28-12-11-24(17-36-28)25-14-15-34-18-27(25)39-31(40)29-30(33)37-19-26(38-29)23-9-7-21(8-10-23)13-16-35-32(41)43-20-22-5-3-2-4-6-22/h2-12,14-15,17-19H,13,16,20H2,1H3,(H2,33,37)(H,35,41)(H,39,40). The number of nitrogen functional groups attached to an aromatic ring is 1. The first-order chi connectivity index (χ1) is 21.0. The molecule has 0 fully saturated rings. The minimum Gasteiger partial charge on any atom is -0.481 e. The van der Waals surface area contributed by atoms with E-state index in [4.69, 9.17) is 15.2 Å². The van der Waals surface area contributed by atoms with E-state index >= 15 is 0 Å². The van der Waals surface area contributed by atoms with E-state index < -0.39 is 12.0 Å². The monoisotopic (exact) mass is 575 g/mol. The highest BCUT2D eigenvalue weighted by molar-refractivity contribution is 6.07. The maximum Gasteiger partial charge on any atom is 0.407 e. The van der Waals surface area contributed by atoms with Crippen molar-refractivity contribution in [2.24, 2.45) is 0 Å². The second-order valence-electron chi connectivity index (χ2n) is 9.39. The lowest BCUT2D eigenvalue weighted by Crippen LogP contribution is -2.26. The van der Waals surface area contributed by atoms with Gasteiger partial charge in [0.25, 0.3) is 5.91 Å². The number of methoxy groups -OCH3 is 1. The Kier molecular flexibility index (Phi) is 9.13. The Morgan fingerprint density at radius 3 is 2.40 bits per heavy atom. The van der Waals surface area contributed by atoms with Gasteiger partial charge in [0.15, 0.2) is 11.5 Å². The summed E-state index contributed by atoms with van der Waals surface area (Å²) in [4.78, 5) is 42.3. The van der Waals surface area contributed by atoms with Crippen molar-refractivity contribution in [3.8, 4) is 28.3 Å². The number of alkyl carbamates (subject to hydrolysis) is 1. The molecular weight excluding hydrogens is 546 g/mol. The highest BCUT2D eigenvalue weighted by Crippen LogP contribution is 2.28.